The molecule has 2 unspecified atom stereocenters. The summed E-state index contributed by atoms with van der Waals surface area (Å²) in [5, 5.41) is 97.2. The Morgan fingerprint density at radius 2 is 1.15 bits per heavy atom. The molecule has 2 aliphatic rings. The van der Waals surface area contributed by atoms with Crippen LogP contribution in [0, 0.1) is 0 Å². The summed E-state index contributed by atoms with van der Waals surface area (Å²) in [6, 6.07) is 0. The zero-order valence-electron chi connectivity index (χ0n) is 13.4. The first-order chi connectivity index (χ1) is 12.0. The lowest BCUT2D eigenvalue weighted by molar-refractivity contribution is -0.468. The fraction of sp³-hybridized carbons (Fsp3) is 1.00. The second-order valence-corrected chi connectivity index (χ2v) is 6.29. The molecule has 0 spiro atoms. The molecule has 0 bridgehead atoms. The van der Waals surface area contributed by atoms with Gasteiger partial charge in [0.25, 0.3) is 0 Å². The predicted molar refractivity (Wildman–Crippen MR) is 75.8 cm³/mol. The summed E-state index contributed by atoms with van der Waals surface area (Å²) >= 11 is 0. The number of rotatable bonds is 5. The highest BCUT2D eigenvalue weighted by Gasteiger charge is 2.58. The lowest BCUT2D eigenvalue weighted by atomic mass is 9.93. The molecule has 2 rings (SSSR count). The zero-order chi connectivity index (χ0) is 19.9. The van der Waals surface area contributed by atoms with Crippen molar-refractivity contribution in [2.75, 3.05) is 19.8 Å². The zero-order valence-corrected chi connectivity index (χ0v) is 13.4. The van der Waals surface area contributed by atoms with Gasteiger partial charge in [0.15, 0.2) is 6.10 Å². The average molecular weight is 388 g/mol. The number of aliphatic hydroxyl groups is 10. The van der Waals surface area contributed by atoms with Crippen molar-refractivity contribution in [3.05, 3.63) is 0 Å². The van der Waals surface area contributed by atoms with Crippen LogP contribution in [0.3, 0.4) is 0 Å². The monoisotopic (exact) mass is 388 g/mol. The van der Waals surface area contributed by atoms with Crippen LogP contribution in [0.2, 0.25) is 0 Å². The van der Waals surface area contributed by atoms with Crippen LogP contribution in [-0.4, -0.2) is 131 Å². The van der Waals surface area contributed by atoms with Crippen molar-refractivity contribution in [2.24, 2.45) is 0 Å². The van der Waals surface area contributed by atoms with E-state index in [1.807, 2.05) is 0 Å². The first-order valence-electron chi connectivity index (χ1n) is 7.75. The van der Waals surface area contributed by atoms with Gasteiger partial charge in [0.1, 0.15) is 49.3 Å². The van der Waals surface area contributed by atoms with E-state index in [1.165, 1.54) is 0 Å². The lowest BCUT2D eigenvalue weighted by Gasteiger charge is -2.48. The molecule has 2 heterocycles. The Bertz CT molecular complexity index is 433. The molecule has 0 aliphatic carbocycles. The van der Waals surface area contributed by atoms with E-state index in [-0.39, 0.29) is 0 Å². The Hall–Kier alpha value is -0.520. The highest BCUT2D eigenvalue weighted by atomic mass is 16.8. The van der Waals surface area contributed by atoms with E-state index in [4.69, 9.17) is 24.4 Å². The summed E-state index contributed by atoms with van der Waals surface area (Å²) < 4.78 is 14.5. The van der Waals surface area contributed by atoms with Crippen molar-refractivity contribution < 1.29 is 65.3 Å². The number of hydrogen-bond donors (Lipinski definition) is 10. The van der Waals surface area contributed by atoms with Crippen molar-refractivity contribution in [1.82, 2.24) is 0 Å². The van der Waals surface area contributed by atoms with Gasteiger partial charge < -0.3 is 65.3 Å². The molecule has 13 nitrogen and oxygen atoms in total. The Kier molecular flexibility index (Phi) is 6.57. The van der Waals surface area contributed by atoms with Crippen LogP contribution in [0.25, 0.3) is 0 Å². The molecule has 0 aromatic rings. The number of aliphatic hydroxyl groups excluding tert-OH is 8. The molecule has 154 valence electrons. The molecule has 2 saturated heterocycles. The summed E-state index contributed by atoms with van der Waals surface area (Å²) in [6.45, 7) is -2.87. The van der Waals surface area contributed by atoms with Gasteiger partial charge >= 0.3 is 5.97 Å². The standard InChI is InChI=1S/C13H24O13/c14-1-4-6(16)8(18)10(20)12(22,25-4)3-24-13(23)11(21)9(19)7(17)5(2-15)26-13/h4-11,14-23H,1-3H2/t4-,5-,6-,7-,8+,9+,10-,11-,12?,13?/m1/s1. The van der Waals surface area contributed by atoms with Gasteiger partial charge in [-0.15, -0.1) is 0 Å². The first kappa shape index (κ1) is 21.8. The largest absolute Gasteiger partial charge is 0.394 e. The van der Waals surface area contributed by atoms with Crippen molar-refractivity contribution in [1.29, 1.82) is 0 Å². The quantitative estimate of drug-likeness (QED) is 0.198. The van der Waals surface area contributed by atoms with Gasteiger partial charge in [-0.2, -0.15) is 0 Å². The third-order valence-electron chi connectivity index (χ3n) is 4.47. The molecule has 10 N–H and O–H groups in total. The summed E-state index contributed by atoms with van der Waals surface area (Å²) in [7, 11) is 0. The first-order valence-corrected chi connectivity index (χ1v) is 7.75. The number of ether oxygens (including phenoxy) is 3. The Morgan fingerprint density at radius 1 is 0.692 bits per heavy atom. The van der Waals surface area contributed by atoms with Gasteiger partial charge in [-0.05, 0) is 0 Å². The molecule has 2 fully saturated rings. The lowest BCUT2D eigenvalue weighted by Crippen LogP contribution is -2.70. The third-order valence-corrected chi connectivity index (χ3v) is 4.47. The van der Waals surface area contributed by atoms with E-state index in [1.54, 1.807) is 0 Å². The fourth-order valence-electron chi connectivity index (χ4n) is 2.79. The van der Waals surface area contributed by atoms with E-state index in [2.05, 4.69) is 0 Å². The van der Waals surface area contributed by atoms with E-state index >= 15 is 0 Å². The van der Waals surface area contributed by atoms with Gasteiger partial charge in [0.05, 0.1) is 13.2 Å². The summed E-state index contributed by atoms with van der Waals surface area (Å²) in [6.07, 6.45) is -14.9. The van der Waals surface area contributed by atoms with Crippen molar-refractivity contribution in [3.63, 3.8) is 0 Å². The van der Waals surface area contributed by atoms with E-state index in [9.17, 15) is 40.9 Å². The normalized spacial score (nSPS) is 52.8. The van der Waals surface area contributed by atoms with Gasteiger partial charge in [-0.3, -0.25) is 0 Å². The van der Waals surface area contributed by atoms with Crippen molar-refractivity contribution in [2.45, 2.75) is 60.6 Å². The van der Waals surface area contributed by atoms with Gasteiger partial charge in [-0.1, -0.05) is 0 Å². The molecule has 10 atom stereocenters. The van der Waals surface area contributed by atoms with Crippen molar-refractivity contribution >= 4 is 0 Å². The SMILES string of the molecule is OC[C@H]1OC(O)(COC2(O)O[C@H](CO)[C@@H](O)[C@H](O)[C@H]2O)[C@H](O)[C@@H](O)[C@@H]1O. The maximum Gasteiger partial charge on any atom is 0.311 e. The molecular weight excluding hydrogens is 364 g/mol. The maximum absolute atomic E-state index is 10.3. The Labute approximate surface area is 146 Å². The van der Waals surface area contributed by atoms with Crippen LogP contribution >= 0.6 is 0 Å². The summed E-state index contributed by atoms with van der Waals surface area (Å²) in [5.41, 5.74) is 0. The smallest absolute Gasteiger partial charge is 0.311 e. The second-order valence-electron chi connectivity index (χ2n) is 6.29. The van der Waals surface area contributed by atoms with E-state index in [0.29, 0.717) is 0 Å². The molecule has 2 aliphatic heterocycles. The average Bonchev–Trinajstić information content (AvgIpc) is 2.63. The van der Waals surface area contributed by atoms with Crippen LogP contribution in [0.4, 0.5) is 0 Å². The van der Waals surface area contributed by atoms with Crippen LogP contribution in [-0.2, 0) is 14.2 Å². The highest BCUT2D eigenvalue weighted by Crippen LogP contribution is 2.33. The van der Waals surface area contributed by atoms with Crippen LogP contribution in [0.1, 0.15) is 0 Å². The minimum Gasteiger partial charge on any atom is -0.394 e. The summed E-state index contributed by atoms with van der Waals surface area (Å²) in [5.74, 6) is -5.78. The summed E-state index contributed by atoms with van der Waals surface area (Å²) in [4.78, 5) is 0. The molecule has 0 amide bonds. The minimum atomic E-state index is -3.03. The van der Waals surface area contributed by atoms with Gasteiger partial charge in [0.2, 0.25) is 5.79 Å². The van der Waals surface area contributed by atoms with Crippen molar-refractivity contribution in [3.8, 4) is 0 Å². The molecule has 26 heavy (non-hydrogen) atoms. The van der Waals surface area contributed by atoms with Crippen LogP contribution in [0.5, 0.6) is 0 Å². The Balaban J connectivity index is 2.14. The molecule has 0 radical (unpaired) electrons. The van der Waals surface area contributed by atoms with E-state index in [0.717, 1.165) is 0 Å². The molecule has 0 saturated carbocycles. The molecular formula is C13H24O13. The van der Waals surface area contributed by atoms with Gasteiger partial charge in [-0.25, -0.2) is 0 Å². The van der Waals surface area contributed by atoms with Crippen LogP contribution in [0.15, 0.2) is 0 Å². The highest BCUT2D eigenvalue weighted by molar-refractivity contribution is 4.97. The second kappa shape index (κ2) is 7.84. The minimum absolute atomic E-state index is 0.839. The predicted octanol–water partition coefficient (Wildman–Crippen LogP) is -6.71. The fourth-order valence-corrected chi connectivity index (χ4v) is 2.79. The van der Waals surface area contributed by atoms with Gasteiger partial charge in [0, 0.05) is 0 Å². The molecule has 13 heteroatoms. The van der Waals surface area contributed by atoms with E-state index < -0.39 is 80.4 Å². The topological polar surface area (TPSA) is 230 Å². The molecule has 0 aromatic heterocycles. The van der Waals surface area contributed by atoms with Crippen LogP contribution < -0.4 is 0 Å². The number of hydrogen-bond acceptors (Lipinski definition) is 13. The molecule has 0 aromatic carbocycles. The maximum atomic E-state index is 10.3. The third kappa shape index (κ3) is 3.72. The Morgan fingerprint density at radius 3 is 1.65 bits per heavy atom.